The first-order chi connectivity index (χ1) is 5.24. The van der Waals surface area contributed by atoms with Crippen molar-refractivity contribution in [3.63, 3.8) is 0 Å². The summed E-state index contributed by atoms with van der Waals surface area (Å²) in [4.78, 5) is 12.7. The number of carbonyl (C=O) groups excluding carboxylic acids is 1. The number of rotatable bonds is 1. The first-order valence-electron chi connectivity index (χ1n) is 2.80. The number of phenolic OH excluding ortho intramolecular Hbond substituents is 1. The lowest BCUT2D eigenvalue weighted by Gasteiger charge is -1.93. The van der Waals surface area contributed by atoms with Crippen LogP contribution in [0.15, 0.2) is 23.2 Å². The van der Waals surface area contributed by atoms with E-state index in [-0.39, 0.29) is 11.4 Å². The molecule has 0 spiro atoms. The van der Waals surface area contributed by atoms with E-state index in [1.165, 1.54) is 18.2 Å². The summed E-state index contributed by atoms with van der Waals surface area (Å²) in [6, 6.07) is 3.30. The molecule has 0 bridgehead atoms. The summed E-state index contributed by atoms with van der Waals surface area (Å²) >= 11 is 0. The average molecular weight is 153 g/mol. The number of aliphatic imine (C=N–C) groups is 1. The highest BCUT2D eigenvalue weighted by Gasteiger charge is 1.99. The van der Waals surface area contributed by atoms with E-state index >= 15 is 0 Å². The number of hydrogen-bond donors (Lipinski definition) is 1. The molecule has 0 aromatic heterocycles. The van der Waals surface area contributed by atoms with E-state index in [0.717, 1.165) is 6.07 Å². The summed E-state index contributed by atoms with van der Waals surface area (Å²) in [6.07, 6.45) is 1.20. The van der Waals surface area contributed by atoms with Crippen molar-refractivity contribution in [2.24, 2.45) is 4.99 Å². The minimum absolute atomic E-state index is 0.127. The summed E-state index contributed by atoms with van der Waals surface area (Å²) in [5.41, 5.74) is -0.127. The van der Waals surface area contributed by atoms with E-state index < -0.39 is 5.82 Å². The zero-order chi connectivity index (χ0) is 8.27. The van der Waals surface area contributed by atoms with E-state index in [0.29, 0.717) is 0 Å². The number of halogens is 1. The Morgan fingerprint density at radius 1 is 1.55 bits per heavy atom. The maximum atomic E-state index is 12.6. The molecule has 4 heteroatoms. The van der Waals surface area contributed by atoms with Gasteiger partial charge in [-0.25, -0.2) is 9.18 Å². The van der Waals surface area contributed by atoms with Gasteiger partial charge in [-0.15, -0.1) is 0 Å². The molecular formula is C7H4FNO2. The lowest BCUT2D eigenvalue weighted by atomic mass is 10.3. The van der Waals surface area contributed by atoms with Gasteiger partial charge in [0.25, 0.3) is 0 Å². The van der Waals surface area contributed by atoms with Crippen LogP contribution in [0.4, 0.5) is 10.1 Å². The second kappa shape index (κ2) is 2.94. The Bertz CT molecular complexity index is 318. The van der Waals surface area contributed by atoms with Crippen LogP contribution in [0.3, 0.4) is 0 Å². The summed E-state index contributed by atoms with van der Waals surface area (Å²) in [7, 11) is 0. The van der Waals surface area contributed by atoms with Crippen LogP contribution in [-0.4, -0.2) is 11.2 Å². The minimum atomic E-state index is -0.742. The zero-order valence-corrected chi connectivity index (χ0v) is 5.41. The number of phenols is 1. The number of nitrogens with zero attached hydrogens (tertiary/aromatic N) is 1. The summed E-state index contributed by atoms with van der Waals surface area (Å²) < 4.78 is 12.6. The first-order valence-corrected chi connectivity index (χ1v) is 2.80. The van der Waals surface area contributed by atoms with Crippen LogP contribution in [0, 0.1) is 5.82 Å². The summed E-state index contributed by atoms with van der Waals surface area (Å²) in [6.45, 7) is 0. The molecule has 0 heterocycles. The molecule has 0 radical (unpaired) electrons. The Balaban J connectivity index is 3.19. The Labute approximate surface area is 61.8 Å². The van der Waals surface area contributed by atoms with Gasteiger partial charge in [0, 0.05) is 6.07 Å². The Morgan fingerprint density at radius 2 is 2.27 bits per heavy atom. The molecule has 0 unspecified atom stereocenters. The topological polar surface area (TPSA) is 49.7 Å². The second-order valence-corrected chi connectivity index (χ2v) is 1.84. The van der Waals surface area contributed by atoms with Crippen LogP contribution < -0.4 is 0 Å². The van der Waals surface area contributed by atoms with Gasteiger partial charge in [0.05, 0.1) is 0 Å². The standard InChI is InChI=1S/C7H4FNO2/c8-6-3-5(11)1-2-7(6)9-4-10/h1-3,11H. The maximum absolute atomic E-state index is 12.6. The van der Waals surface area contributed by atoms with Gasteiger partial charge >= 0.3 is 0 Å². The molecule has 1 aromatic rings. The van der Waals surface area contributed by atoms with Crippen molar-refractivity contribution in [3.05, 3.63) is 24.0 Å². The van der Waals surface area contributed by atoms with Crippen molar-refractivity contribution in [2.75, 3.05) is 0 Å². The highest BCUT2D eigenvalue weighted by Crippen LogP contribution is 2.20. The van der Waals surface area contributed by atoms with Gasteiger partial charge in [-0.1, -0.05) is 0 Å². The van der Waals surface area contributed by atoms with E-state index in [1.807, 2.05) is 0 Å². The average Bonchev–Trinajstić information content (AvgIpc) is 1.95. The van der Waals surface area contributed by atoms with Crippen LogP contribution in [-0.2, 0) is 4.79 Å². The summed E-state index contributed by atoms with van der Waals surface area (Å²) in [5, 5.41) is 8.73. The third-order valence-electron chi connectivity index (χ3n) is 1.10. The van der Waals surface area contributed by atoms with Crippen molar-refractivity contribution in [2.45, 2.75) is 0 Å². The van der Waals surface area contributed by atoms with E-state index in [4.69, 9.17) is 5.11 Å². The molecule has 1 rings (SSSR count). The Hall–Kier alpha value is -1.67. The fourth-order valence-electron chi connectivity index (χ4n) is 0.636. The third kappa shape index (κ3) is 1.63. The molecule has 1 N–H and O–H groups in total. The molecular weight excluding hydrogens is 149 g/mol. The third-order valence-corrected chi connectivity index (χ3v) is 1.10. The van der Waals surface area contributed by atoms with E-state index in [2.05, 4.69) is 4.99 Å². The molecule has 0 saturated carbocycles. The number of hydrogen-bond acceptors (Lipinski definition) is 3. The van der Waals surface area contributed by atoms with Crippen molar-refractivity contribution in [1.82, 2.24) is 0 Å². The predicted octanol–water partition coefficient (Wildman–Crippen LogP) is 1.50. The first kappa shape index (κ1) is 7.44. The van der Waals surface area contributed by atoms with Gasteiger partial charge < -0.3 is 5.11 Å². The second-order valence-electron chi connectivity index (χ2n) is 1.84. The zero-order valence-electron chi connectivity index (χ0n) is 5.41. The molecule has 56 valence electrons. The quantitative estimate of drug-likeness (QED) is 0.491. The van der Waals surface area contributed by atoms with Gasteiger partial charge in [-0.2, -0.15) is 4.99 Å². The lowest BCUT2D eigenvalue weighted by molar-refractivity contribution is 0.469. The molecule has 0 fully saturated rings. The van der Waals surface area contributed by atoms with Crippen LogP contribution in [0.5, 0.6) is 5.75 Å². The highest BCUT2D eigenvalue weighted by molar-refractivity contribution is 5.50. The molecule has 0 saturated heterocycles. The number of aromatic hydroxyl groups is 1. The fraction of sp³-hybridized carbons (Fsp3) is 0. The molecule has 3 nitrogen and oxygen atoms in total. The van der Waals surface area contributed by atoms with Crippen LogP contribution >= 0.6 is 0 Å². The number of isocyanates is 1. The predicted molar refractivity (Wildman–Crippen MR) is 35.8 cm³/mol. The lowest BCUT2D eigenvalue weighted by Crippen LogP contribution is -1.74. The monoisotopic (exact) mass is 153 g/mol. The summed E-state index contributed by atoms with van der Waals surface area (Å²) in [5.74, 6) is -0.944. The fourth-order valence-corrected chi connectivity index (χ4v) is 0.636. The van der Waals surface area contributed by atoms with Gasteiger partial charge in [-0.05, 0) is 12.1 Å². The molecule has 0 aliphatic heterocycles. The Morgan fingerprint density at radius 3 is 2.82 bits per heavy atom. The Kier molecular flexibility index (Phi) is 1.99. The maximum Gasteiger partial charge on any atom is 0.240 e. The minimum Gasteiger partial charge on any atom is -0.508 e. The van der Waals surface area contributed by atoms with Gasteiger partial charge in [-0.3, -0.25) is 0 Å². The van der Waals surface area contributed by atoms with Crippen molar-refractivity contribution in [3.8, 4) is 5.75 Å². The highest BCUT2D eigenvalue weighted by atomic mass is 19.1. The largest absolute Gasteiger partial charge is 0.508 e. The van der Waals surface area contributed by atoms with Gasteiger partial charge in [0.15, 0.2) is 5.82 Å². The van der Waals surface area contributed by atoms with Crippen LogP contribution in [0.1, 0.15) is 0 Å². The SMILES string of the molecule is O=C=Nc1ccc(O)cc1F. The van der Waals surface area contributed by atoms with Crippen molar-refractivity contribution < 1.29 is 14.3 Å². The van der Waals surface area contributed by atoms with E-state index in [9.17, 15) is 9.18 Å². The molecule has 1 aromatic carbocycles. The normalized spacial score (nSPS) is 8.82. The van der Waals surface area contributed by atoms with Crippen molar-refractivity contribution in [1.29, 1.82) is 0 Å². The van der Waals surface area contributed by atoms with Crippen LogP contribution in [0.25, 0.3) is 0 Å². The van der Waals surface area contributed by atoms with Gasteiger partial charge in [0.1, 0.15) is 11.4 Å². The van der Waals surface area contributed by atoms with Gasteiger partial charge in [0.2, 0.25) is 6.08 Å². The smallest absolute Gasteiger partial charge is 0.240 e. The van der Waals surface area contributed by atoms with Crippen molar-refractivity contribution >= 4 is 11.8 Å². The molecule has 0 amide bonds. The van der Waals surface area contributed by atoms with Crippen LogP contribution in [0.2, 0.25) is 0 Å². The van der Waals surface area contributed by atoms with E-state index in [1.54, 1.807) is 0 Å². The number of benzene rings is 1. The molecule has 0 aliphatic rings. The molecule has 0 aliphatic carbocycles. The molecule has 0 atom stereocenters. The molecule has 11 heavy (non-hydrogen) atoms.